The first-order valence-electron chi connectivity index (χ1n) is 16.1. The second-order valence-corrected chi connectivity index (χ2v) is 14.5. The minimum absolute atomic E-state index is 0.0186. The van der Waals surface area contributed by atoms with Gasteiger partial charge in [-0.25, -0.2) is 13.1 Å². The third-order valence-corrected chi connectivity index (χ3v) is 8.41. The van der Waals surface area contributed by atoms with Gasteiger partial charge in [0.05, 0.1) is 30.7 Å². The Morgan fingerprint density at radius 2 is 1.79 bits per heavy atom. The summed E-state index contributed by atoms with van der Waals surface area (Å²) in [6.07, 6.45) is 0.390. The molecular weight excluding hydrogens is 636 g/mol. The number of esters is 1. The summed E-state index contributed by atoms with van der Waals surface area (Å²) >= 11 is 0. The van der Waals surface area contributed by atoms with E-state index in [-0.39, 0.29) is 47.9 Å². The van der Waals surface area contributed by atoms with Gasteiger partial charge in [-0.2, -0.15) is 0 Å². The van der Waals surface area contributed by atoms with Crippen LogP contribution in [-0.2, 0) is 35.4 Å². The quantitative estimate of drug-likeness (QED) is 0.147. The van der Waals surface area contributed by atoms with Gasteiger partial charge in [-0.05, 0) is 91.5 Å². The Morgan fingerprint density at radius 3 is 2.46 bits per heavy atom. The molecule has 13 heteroatoms. The van der Waals surface area contributed by atoms with Crippen molar-refractivity contribution in [2.45, 2.75) is 83.3 Å². The lowest BCUT2D eigenvalue weighted by Crippen LogP contribution is -2.48. The minimum Gasteiger partial charge on any atom is -0.492 e. The molecule has 0 aliphatic heterocycles. The number of hydrogen-bond acceptors (Lipinski definition) is 10. The van der Waals surface area contributed by atoms with Gasteiger partial charge in [0.1, 0.15) is 16.2 Å². The van der Waals surface area contributed by atoms with Crippen molar-refractivity contribution < 1.29 is 37.0 Å². The van der Waals surface area contributed by atoms with E-state index < -0.39 is 33.9 Å². The van der Waals surface area contributed by atoms with Gasteiger partial charge >= 0.3 is 5.97 Å². The van der Waals surface area contributed by atoms with E-state index in [1.54, 1.807) is 47.7 Å². The fourth-order valence-electron chi connectivity index (χ4n) is 4.84. The number of nitrogens with one attached hydrogen (secondary N) is 2. The number of nitrogens with zero attached hydrogens (tertiary/aromatic N) is 2. The second-order valence-electron chi connectivity index (χ2n) is 12.8. The van der Waals surface area contributed by atoms with Crippen LogP contribution in [0, 0.1) is 0 Å². The number of rotatable bonds is 18. The number of carbonyl (C=O) groups excluding carboxylic acids is 2. The van der Waals surface area contributed by atoms with Gasteiger partial charge < -0.3 is 29.2 Å². The summed E-state index contributed by atoms with van der Waals surface area (Å²) in [5.74, 6) is -1.02. The summed E-state index contributed by atoms with van der Waals surface area (Å²) in [4.78, 5) is 32.1. The van der Waals surface area contributed by atoms with E-state index in [4.69, 9.17) is 18.9 Å². The monoisotopic (exact) mass is 686 g/mol. The van der Waals surface area contributed by atoms with E-state index in [2.05, 4.69) is 15.0 Å². The molecule has 1 amide bonds. The Bertz CT molecular complexity index is 1620. The number of benzene rings is 2. The fourth-order valence-corrected chi connectivity index (χ4v) is 6.19. The highest BCUT2D eigenvalue weighted by atomic mass is 32.2. The number of aromatic nitrogens is 1. The maximum Gasteiger partial charge on any atom is 0.308 e. The van der Waals surface area contributed by atoms with Crippen LogP contribution >= 0.6 is 0 Å². The smallest absolute Gasteiger partial charge is 0.308 e. The number of hydrogen-bond donors (Lipinski definition) is 2. The fraction of sp³-hybridized carbons (Fsp3) is 0.514. The van der Waals surface area contributed by atoms with Gasteiger partial charge in [-0.15, -0.1) is 0 Å². The zero-order valence-corrected chi connectivity index (χ0v) is 30.1. The van der Waals surface area contributed by atoms with Gasteiger partial charge in [0.2, 0.25) is 10.0 Å². The predicted octanol–water partition coefficient (Wildman–Crippen LogP) is 4.31. The van der Waals surface area contributed by atoms with Gasteiger partial charge in [-0.3, -0.25) is 14.6 Å². The van der Waals surface area contributed by atoms with Crippen molar-refractivity contribution in [1.82, 2.24) is 19.9 Å². The van der Waals surface area contributed by atoms with E-state index in [1.807, 2.05) is 49.3 Å². The van der Waals surface area contributed by atoms with Crippen LogP contribution in [-0.4, -0.2) is 94.6 Å². The zero-order chi connectivity index (χ0) is 35.5. The molecule has 1 aromatic heterocycles. The summed E-state index contributed by atoms with van der Waals surface area (Å²) in [5, 5.41) is 3.81. The number of likely N-dealkylation sites (N-methyl/N-ethyl adjacent to an activating group) is 1. The topological polar surface area (TPSA) is 145 Å². The number of sulfonamides is 1. The molecule has 12 nitrogen and oxygen atoms in total. The standard InChI is InChI=1S/C35H50N4O8S/c1-9-44-34(46-24(2)3)29(23-32(40)47-35(4,5)6)38-48(42,43)31-16-15-26(33(41)37-19-20-39(7)8)22-30(31)45-21-17-25-12-10-14-28-27(25)13-11-18-36-28/h10-16,18,22,24,29,34,38H,9,17,19-21,23H2,1-8H3,(H,37,41). The van der Waals surface area contributed by atoms with Gasteiger partial charge in [0.15, 0.2) is 6.29 Å². The number of carbonyl (C=O) groups is 2. The van der Waals surface area contributed by atoms with Crippen molar-refractivity contribution in [3.8, 4) is 5.75 Å². The largest absolute Gasteiger partial charge is 0.492 e. The van der Waals surface area contributed by atoms with Crippen molar-refractivity contribution >= 4 is 32.8 Å². The average molecular weight is 687 g/mol. The predicted molar refractivity (Wildman–Crippen MR) is 184 cm³/mol. The van der Waals surface area contributed by atoms with Crippen LogP contribution in [0.2, 0.25) is 0 Å². The van der Waals surface area contributed by atoms with Crippen LogP contribution in [0.5, 0.6) is 5.75 Å². The minimum atomic E-state index is -4.37. The molecule has 48 heavy (non-hydrogen) atoms. The highest BCUT2D eigenvalue weighted by Gasteiger charge is 2.34. The van der Waals surface area contributed by atoms with Crippen LogP contribution in [0.1, 0.15) is 63.9 Å². The summed E-state index contributed by atoms with van der Waals surface area (Å²) in [6, 6.07) is 12.6. The maximum absolute atomic E-state index is 14.1. The zero-order valence-electron chi connectivity index (χ0n) is 29.2. The van der Waals surface area contributed by atoms with E-state index in [0.717, 1.165) is 16.5 Å². The third-order valence-electron chi connectivity index (χ3n) is 6.88. The highest BCUT2D eigenvalue weighted by molar-refractivity contribution is 7.89. The van der Waals surface area contributed by atoms with Crippen molar-refractivity contribution in [2.24, 2.45) is 0 Å². The SMILES string of the molecule is CCOC(OC(C)C)C(CC(=O)OC(C)(C)C)NS(=O)(=O)c1ccc(C(=O)NCCN(C)C)cc1OCCc1cccc2ncccc12. The molecule has 2 aromatic carbocycles. The van der Waals surface area contributed by atoms with Crippen LogP contribution < -0.4 is 14.8 Å². The molecule has 2 N–H and O–H groups in total. The summed E-state index contributed by atoms with van der Waals surface area (Å²) in [6.45, 7) is 11.8. The van der Waals surface area contributed by atoms with Crippen molar-refractivity contribution in [2.75, 3.05) is 40.4 Å². The third kappa shape index (κ3) is 12.1. The molecule has 3 rings (SSSR count). The highest BCUT2D eigenvalue weighted by Crippen LogP contribution is 2.28. The molecule has 1 heterocycles. The first kappa shape index (κ1) is 38.8. The second kappa shape index (κ2) is 17.7. The molecule has 0 radical (unpaired) electrons. The maximum atomic E-state index is 14.1. The van der Waals surface area contributed by atoms with E-state index >= 15 is 0 Å². The lowest BCUT2D eigenvalue weighted by atomic mass is 10.1. The normalized spacial score (nSPS) is 13.5. The van der Waals surface area contributed by atoms with E-state index in [9.17, 15) is 18.0 Å². The number of fused-ring (bicyclic) bond motifs is 1. The molecule has 2 atom stereocenters. The summed E-state index contributed by atoms with van der Waals surface area (Å²) < 4.78 is 54.1. The van der Waals surface area contributed by atoms with Crippen LogP contribution in [0.15, 0.2) is 59.6 Å². The lowest BCUT2D eigenvalue weighted by molar-refractivity contribution is -0.182. The van der Waals surface area contributed by atoms with Crippen molar-refractivity contribution in [3.63, 3.8) is 0 Å². The van der Waals surface area contributed by atoms with E-state index in [0.29, 0.717) is 19.5 Å². The Morgan fingerprint density at radius 1 is 1.04 bits per heavy atom. The molecule has 0 saturated carbocycles. The molecule has 0 aliphatic carbocycles. The Kier molecular flexibility index (Phi) is 14.3. The average Bonchev–Trinajstić information content (AvgIpc) is 2.99. The van der Waals surface area contributed by atoms with Crippen LogP contribution in [0.25, 0.3) is 10.9 Å². The number of amides is 1. The Balaban J connectivity index is 1.97. The van der Waals surface area contributed by atoms with Crippen LogP contribution in [0.4, 0.5) is 0 Å². The molecular formula is C35H50N4O8S. The molecule has 0 fully saturated rings. The van der Waals surface area contributed by atoms with Crippen molar-refractivity contribution in [1.29, 1.82) is 0 Å². The van der Waals surface area contributed by atoms with Gasteiger partial charge in [0, 0.05) is 43.3 Å². The van der Waals surface area contributed by atoms with Gasteiger partial charge in [0.25, 0.3) is 5.91 Å². The molecule has 2 unspecified atom stereocenters. The first-order valence-corrected chi connectivity index (χ1v) is 17.6. The summed E-state index contributed by atoms with van der Waals surface area (Å²) in [7, 11) is -0.574. The Labute approximate surface area is 284 Å². The molecule has 264 valence electrons. The summed E-state index contributed by atoms with van der Waals surface area (Å²) in [5.41, 5.74) is 1.26. The van der Waals surface area contributed by atoms with Crippen molar-refractivity contribution in [3.05, 3.63) is 65.9 Å². The number of pyridine rings is 1. The van der Waals surface area contributed by atoms with Crippen LogP contribution in [0.3, 0.4) is 0 Å². The number of ether oxygens (including phenoxy) is 4. The Hall–Kier alpha value is -3.62. The molecule has 3 aromatic rings. The molecule has 0 saturated heterocycles. The van der Waals surface area contributed by atoms with Gasteiger partial charge in [-0.1, -0.05) is 18.2 Å². The first-order chi connectivity index (χ1) is 22.6. The molecule has 0 spiro atoms. The lowest BCUT2D eigenvalue weighted by Gasteiger charge is -2.30. The van der Waals surface area contributed by atoms with E-state index in [1.165, 1.54) is 18.2 Å². The molecule has 0 bridgehead atoms. The molecule has 0 aliphatic rings.